The molecule has 202 valence electrons. The lowest BCUT2D eigenvalue weighted by Gasteiger charge is -2.22. The lowest BCUT2D eigenvalue weighted by atomic mass is 10.1. The van der Waals surface area contributed by atoms with E-state index in [2.05, 4.69) is 18.7 Å². The molecule has 0 radical (unpaired) electrons. The normalized spacial score (nSPS) is 14.3. The van der Waals surface area contributed by atoms with Gasteiger partial charge in [-0.1, -0.05) is 47.5 Å². The van der Waals surface area contributed by atoms with Crippen LogP contribution in [0.5, 0.6) is 5.75 Å². The quantitative estimate of drug-likeness (QED) is 0.137. The van der Waals surface area contributed by atoms with E-state index in [1.165, 1.54) is 18.2 Å². The smallest absolute Gasteiger partial charge is 0.293 e. The molecule has 1 saturated heterocycles. The number of anilines is 1. The van der Waals surface area contributed by atoms with Gasteiger partial charge in [0.15, 0.2) is 0 Å². The Hall–Kier alpha value is -3.53. The largest absolute Gasteiger partial charge is 0.488 e. The second-order valence-electron chi connectivity index (χ2n) is 8.57. The van der Waals surface area contributed by atoms with Crippen LogP contribution >= 0.6 is 35.0 Å². The maximum Gasteiger partial charge on any atom is 0.293 e. The summed E-state index contributed by atoms with van der Waals surface area (Å²) in [5.74, 6) is -0.0152. The number of imide groups is 1. The van der Waals surface area contributed by atoms with Gasteiger partial charge in [0, 0.05) is 57.6 Å². The van der Waals surface area contributed by atoms with Crippen molar-refractivity contribution in [2.75, 3.05) is 18.0 Å². The monoisotopic (exact) mass is 585 g/mol. The minimum atomic E-state index is -0.530. The van der Waals surface area contributed by atoms with Gasteiger partial charge in [-0.25, -0.2) is 0 Å². The zero-order valence-electron chi connectivity index (χ0n) is 21.2. The third kappa shape index (κ3) is 6.55. The number of nitro benzene ring substituents is 1. The van der Waals surface area contributed by atoms with E-state index in [9.17, 15) is 19.7 Å². The summed E-state index contributed by atoms with van der Waals surface area (Å²) >= 11 is 13.1. The zero-order valence-corrected chi connectivity index (χ0v) is 23.6. The van der Waals surface area contributed by atoms with E-state index < -0.39 is 16.1 Å². The van der Waals surface area contributed by atoms with E-state index in [4.69, 9.17) is 27.9 Å². The molecular formula is C28H25Cl2N3O5S. The molecule has 2 amide bonds. The summed E-state index contributed by atoms with van der Waals surface area (Å²) in [6.45, 7) is 5.67. The molecule has 0 spiro atoms. The van der Waals surface area contributed by atoms with E-state index >= 15 is 0 Å². The van der Waals surface area contributed by atoms with Crippen LogP contribution in [0.15, 0.2) is 65.6 Å². The van der Waals surface area contributed by atoms with Gasteiger partial charge in [0.1, 0.15) is 12.4 Å². The second kappa shape index (κ2) is 12.5. The third-order valence-electron chi connectivity index (χ3n) is 6.20. The van der Waals surface area contributed by atoms with Crippen molar-refractivity contribution < 1.29 is 19.2 Å². The molecule has 1 fully saturated rings. The summed E-state index contributed by atoms with van der Waals surface area (Å²) in [6, 6.07) is 16.9. The lowest BCUT2D eigenvalue weighted by molar-refractivity contribution is -0.385. The first-order chi connectivity index (χ1) is 18.7. The minimum Gasteiger partial charge on any atom is -0.488 e. The molecule has 11 heteroatoms. The molecule has 0 N–H and O–H groups in total. The molecule has 0 aromatic heterocycles. The Morgan fingerprint density at radius 1 is 1.03 bits per heavy atom. The molecule has 8 nitrogen and oxygen atoms in total. The van der Waals surface area contributed by atoms with Crippen LogP contribution in [-0.4, -0.2) is 34.1 Å². The van der Waals surface area contributed by atoms with Gasteiger partial charge >= 0.3 is 0 Å². The summed E-state index contributed by atoms with van der Waals surface area (Å²) in [4.78, 5) is 40.2. The standard InChI is InChI=1S/C28H25Cl2N3O5S/c1-3-31(4-2)22-12-10-18(25(15-22)38-17-20-9-11-21(29)14-23(20)30)13-26-27(34)32(28(35)39-26)16-19-7-5-6-8-24(19)33(36)37/h5-15H,3-4,16-17H2,1-2H3/b26-13-. The molecule has 1 aliphatic heterocycles. The van der Waals surface area contributed by atoms with Crippen molar-refractivity contribution in [2.24, 2.45) is 0 Å². The van der Waals surface area contributed by atoms with Crippen LogP contribution in [0, 0.1) is 10.1 Å². The fourth-order valence-corrected chi connectivity index (χ4v) is 5.41. The fraction of sp³-hybridized carbons (Fsp3) is 0.214. The Morgan fingerprint density at radius 2 is 1.77 bits per heavy atom. The SMILES string of the molecule is CCN(CC)c1ccc(/C=C2\SC(=O)N(Cc3ccccc3[N+](=O)[O-])C2=O)c(OCc2ccc(Cl)cc2Cl)c1. The van der Waals surface area contributed by atoms with Gasteiger partial charge in [-0.3, -0.25) is 24.6 Å². The number of rotatable bonds is 10. The number of hydrogen-bond donors (Lipinski definition) is 0. The van der Waals surface area contributed by atoms with Crippen molar-refractivity contribution >= 4 is 63.6 Å². The molecule has 0 unspecified atom stereocenters. The van der Waals surface area contributed by atoms with Gasteiger partial charge in [-0.2, -0.15) is 0 Å². The van der Waals surface area contributed by atoms with Gasteiger partial charge in [-0.15, -0.1) is 0 Å². The van der Waals surface area contributed by atoms with Crippen LogP contribution in [0.1, 0.15) is 30.5 Å². The number of carbonyl (C=O) groups is 2. The Kier molecular flexibility index (Phi) is 9.16. The van der Waals surface area contributed by atoms with Crippen molar-refractivity contribution in [1.29, 1.82) is 0 Å². The summed E-state index contributed by atoms with van der Waals surface area (Å²) in [5, 5.41) is 11.9. The molecule has 0 bridgehead atoms. The molecular weight excluding hydrogens is 561 g/mol. The number of carbonyl (C=O) groups excluding carboxylic acids is 2. The first-order valence-electron chi connectivity index (χ1n) is 12.1. The number of halogens is 2. The van der Waals surface area contributed by atoms with E-state index in [0.717, 1.165) is 41.0 Å². The number of para-hydroxylation sites is 1. The predicted octanol–water partition coefficient (Wildman–Crippen LogP) is 7.56. The van der Waals surface area contributed by atoms with Crippen molar-refractivity contribution in [2.45, 2.75) is 27.0 Å². The second-order valence-corrected chi connectivity index (χ2v) is 10.4. The average Bonchev–Trinajstić information content (AvgIpc) is 3.17. The average molecular weight is 586 g/mol. The van der Waals surface area contributed by atoms with Gasteiger partial charge < -0.3 is 9.64 Å². The van der Waals surface area contributed by atoms with Crippen molar-refractivity contribution in [1.82, 2.24) is 4.90 Å². The van der Waals surface area contributed by atoms with Crippen LogP contribution < -0.4 is 9.64 Å². The molecule has 3 aromatic rings. The first kappa shape index (κ1) is 28.5. The van der Waals surface area contributed by atoms with Crippen molar-refractivity contribution in [3.8, 4) is 5.75 Å². The Balaban J connectivity index is 1.64. The Bertz CT molecular complexity index is 1460. The molecule has 1 heterocycles. The van der Waals surface area contributed by atoms with Gasteiger partial charge in [0.05, 0.1) is 16.4 Å². The number of nitro groups is 1. The summed E-state index contributed by atoms with van der Waals surface area (Å²) in [6.07, 6.45) is 1.61. The van der Waals surface area contributed by atoms with Crippen molar-refractivity contribution in [3.05, 3.63) is 102 Å². The van der Waals surface area contributed by atoms with E-state index in [0.29, 0.717) is 21.4 Å². The molecule has 3 aromatic carbocycles. The zero-order chi connectivity index (χ0) is 28.1. The van der Waals surface area contributed by atoms with Gasteiger partial charge in [-0.05, 0) is 56.0 Å². The summed E-state index contributed by atoms with van der Waals surface area (Å²) in [5.41, 5.74) is 2.42. The fourth-order valence-electron chi connectivity index (χ4n) is 4.12. The van der Waals surface area contributed by atoms with Gasteiger partial charge in [0.2, 0.25) is 0 Å². The number of ether oxygens (including phenoxy) is 1. The third-order valence-corrected chi connectivity index (χ3v) is 7.70. The maximum absolute atomic E-state index is 13.2. The highest BCUT2D eigenvalue weighted by Gasteiger charge is 2.36. The molecule has 39 heavy (non-hydrogen) atoms. The van der Waals surface area contributed by atoms with Crippen LogP contribution in [0.3, 0.4) is 0 Å². The predicted molar refractivity (Wildman–Crippen MR) is 155 cm³/mol. The highest BCUT2D eigenvalue weighted by Crippen LogP contribution is 2.37. The molecule has 0 saturated carbocycles. The number of benzene rings is 3. The maximum atomic E-state index is 13.2. The van der Waals surface area contributed by atoms with Crippen LogP contribution in [0.25, 0.3) is 6.08 Å². The minimum absolute atomic E-state index is 0.149. The van der Waals surface area contributed by atoms with Crippen LogP contribution in [0.4, 0.5) is 16.2 Å². The van der Waals surface area contributed by atoms with Gasteiger partial charge in [0.25, 0.3) is 16.8 Å². The van der Waals surface area contributed by atoms with Crippen molar-refractivity contribution in [3.63, 3.8) is 0 Å². The Labute approximate surface area is 240 Å². The Morgan fingerprint density at radius 3 is 2.46 bits per heavy atom. The topological polar surface area (TPSA) is 93.0 Å². The molecule has 0 atom stereocenters. The lowest BCUT2D eigenvalue weighted by Crippen LogP contribution is -2.27. The number of nitrogens with zero attached hydrogens (tertiary/aromatic N) is 3. The first-order valence-corrected chi connectivity index (χ1v) is 13.7. The number of thioether (sulfide) groups is 1. The highest BCUT2D eigenvalue weighted by molar-refractivity contribution is 8.18. The molecule has 1 aliphatic rings. The van der Waals surface area contributed by atoms with Crippen LogP contribution in [-0.2, 0) is 17.9 Å². The number of hydrogen-bond acceptors (Lipinski definition) is 7. The highest BCUT2D eigenvalue weighted by atomic mass is 35.5. The van der Waals surface area contributed by atoms with E-state index in [1.807, 2.05) is 18.2 Å². The molecule has 0 aliphatic carbocycles. The van der Waals surface area contributed by atoms with E-state index in [-0.39, 0.29) is 29.3 Å². The summed E-state index contributed by atoms with van der Waals surface area (Å²) < 4.78 is 6.17. The number of amides is 2. The van der Waals surface area contributed by atoms with E-state index in [1.54, 1.807) is 30.3 Å². The van der Waals surface area contributed by atoms with Crippen LogP contribution in [0.2, 0.25) is 10.0 Å². The summed E-state index contributed by atoms with van der Waals surface area (Å²) in [7, 11) is 0. The molecule has 4 rings (SSSR count).